The number of hydrogen-bond donors (Lipinski definition) is 0. The quantitative estimate of drug-likeness (QED) is 0.0361. The first-order valence-electron chi connectivity index (χ1n) is 25.7. The van der Waals surface area contributed by atoms with Gasteiger partial charge in [0.25, 0.3) is 0 Å². The minimum absolute atomic E-state index is 0.0168. The van der Waals surface area contributed by atoms with Gasteiger partial charge in [0, 0.05) is 0 Å². The van der Waals surface area contributed by atoms with Gasteiger partial charge in [-0.25, -0.2) is 0 Å². The number of aryl methyl sites for hydroxylation is 7. The van der Waals surface area contributed by atoms with Crippen molar-refractivity contribution in [2.45, 2.75) is 177 Å². The van der Waals surface area contributed by atoms with E-state index in [2.05, 4.69) is 121 Å². The van der Waals surface area contributed by atoms with Gasteiger partial charge in [0.05, 0.1) is 0 Å². The molecule has 0 atom stereocenters. The SMILES string of the molecule is CCCCCCc1ccc(C2=C/C(=C(\c3c(C)cc(C)cc3C)c3cc(-c4ccc(CCCCCC)[se]4)c(-c4ccc(CCCCCC)[se]4)n3B(F)F)N=C2c2ccc(CCCCCC)[se]2)[se]1. The molecule has 0 unspecified atom stereocenters. The van der Waals surface area contributed by atoms with E-state index in [1.54, 1.807) is 8.87 Å². The van der Waals surface area contributed by atoms with E-state index in [-0.39, 0.29) is 58.0 Å². The monoisotopic (exact) mass is 1170 g/mol. The number of halogens is 2. The van der Waals surface area contributed by atoms with Crippen molar-refractivity contribution in [3.63, 3.8) is 0 Å². The second kappa shape index (κ2) is 26.1. The molecule has 7 rings (SSSR count). The molecular weight excluding hydrogens is 1090 g/mol. The van der Waals surface area contributed by atoms with Gasteiger partial charge >= 0.3 is 430 Å². The molecule has 0 saturated heterocycles. The predicted octanol–water partition coefficient (Wildman–Crippen LogP) is 15.6. The molecule has 0 spiro atoms. The zero-order valence-corrected chi connectivity index (χ0v) is 48.3. The predicted molar refractivity (Wildman–Crippen MR) is 292 cm³/mol. The zero-order valence-electron chi connectivity index (χ0n) is 41.4. The molecule has 0 N–H and O–H groups in total. The molecule has 6 heterocycles. The van der Waals surface area contributed by atoms with Crippen LogP contribution in [0.2, 0.25) is 0 Å². The number of rotatable bonds is 27. The van der Waals surface area contributed by atoms with Crippen molar-refractivity contribution in [2.24, 2.45) is 4.99 Å². The molecule has 0 fully saturated rings. The second-order valence-electron chi connectivity index (χ2n) is 18.8. The molecule has 67 heavy (non-hydrogen) atoms. The van der Waals surface area contributed by atoms with Gasteiger partial charge in [-0.2, -0.15) is 0 Å². The van der Waals surface area contributed by atoms with Gasteiger partial charge in [0.1, 0.15) is 0 Å². The molecule has 0 radical (unpaired) electrons. The first kappa shape index (κ1) is 52.4. The first-order valence-corrected chi connectivity index (χ1v) is 32.5. The van der Waals surface area contributed by atoms with E-state index >= 15 is 8.63 Å². The number of benzene rings is 1. The Kier molecular flexibility index (Phi) is 20.4. The Morgan fingerprint density at radius 1 is 0.522 bits per heavy atom. The summed E-state index contributed by atoms with van der Waals surface area (Å²) < 4.78 is 45.6. The van der Waals surface area contributed by atoms with Crippen molar-refractivity contribution in [3.8, 4) is 20.1 Å². The summed E-state index contributed by atoms with van der Waals surface area (Å²) in [6.45, 7) is 15.6. The Bertz CT molecular complexity index is 2530. The van der Waals surface area contributed by atoms with E-state index in [1.165, 1.54) is 134 Å². The molecule has 9 heteroatoms. The second-order valence-corrected chi connectivity index (χ2v) is 28.6. The molecular formula is C58H73BF2N2Se4. The third-order valence-electron chi connectivity index (χ3n) is 13.2. The van der Waals surface area contributed by atoms with Crippen LogP contribution >= 0.6 is 0 Å². The van der Waals surface area contributed by atoms with Crippen LogP contribution in [0.25, 0.3) is 31.3 Å². The topological polar surface area (TPSA) is 17.3 Å². The Hall–Kier alpha value is -2.43. The van der Waals surface area contributed by atoms with Crippen LogP contribution in [0.15, 0.2) is 83.5 Å². The average molecular weight is 1160 g/mol. The van der Waals surface area contributed by atoms with E-state index in [1.807, 2.05) is 0 Å². The standard InChI is InChI=1S/C58H73BF2N2Se4/c1-8-12-16-20-24-43-28-32-51(64-43)47-38-49(62-57(47)53-34-30-45(66-53)26-22-18-14-10-3)56(55-41(6)36-40(5)37-42(55)7)50-39-48(52-33-29-44(65-52)25-21-17-13-9-2)58(63(50)59(60)61)54-35-31-46(67-54)27-23-19-15-11-4/h28-39H,8-27H2,1-7H3/b56-49+. The fraction of sp³-hybridized carbons (Fsp3) is 0.466. The molecule has 1 aromatic carbocycles. The normalized spacial score (nSPS) is 13.5. The summed E-state index contributed by atoms with van der Waals surface area (Å²) in [6, 6.07) is 25.1. The van der Waals surface area contributed by atoms with E-state index in [4.69, 9.17) is 4.99 Å². The third kappa shape index (κ3) is 13.5. The van der Waals surface area contributed by atoms with Crippen LogP contribution < -0.4 is 0 Å². The number of hydrogen-bond acceptors (Lipinski definition) is 1. The van der Waals surface area contributed by atoms with Crippen molar-refractivity contribution < 1.29 is 8.63 Å². The van der Waals surface area contributed by atoms with Crippen molar-refractivity contribution in [1.29, 1.82) is 0 Å². The van der Waals surface area contributed by atoms with Crippen LogP contribution in [0.4, 0.5) is 8.63 Å². The van der Waals surface area contributed by atoms with Crippen molar-refractivity contribution in [1.82, 2.24) is 4.48 Å². The van der Waals surface area contributed by atoms with Gasteiger partial charge in [0.2, 0.25) is 0 Å². The molecule has 0 amide bonds. The van der Waals surface area contributed by atoms with Gasteiger partial charge in [-0.05, 0) is 0 Å². The summed E-state index contributed by atoms with van der Waals surface area (Å²) in [5.74, 6) is 0. The Balaban J connectivity index is 1.46. The third-order valence-corrected chi connectivity index (χ3v) is 23.0. The summed E-state index contributed by atoms with van der Waals surface area (Å²) >= 11 is 0.447. The molecule has 2 nitrogen and oxygen atoms in total. The molecule has 0 bridgehead atoms. The van der Waals surface area contributed by atoms with Crippen LogP contribution in [-0.4, -0.2) is 75.6 Å². The summed E-state index contributed by atoms with van der Waals surface area (Å²) in [7, 11) is -2.73. The van der Waals surface area contributed by atoms with E-state index < -0.39 is 7.40 Å². The number of allylic oxidation sites excluding steroid dienone is 2. The van der Waals surface area contributed by atoms with Crippen LogP contribution in [0, 0.1) is 20.8 Å². The molecule has 1 aliphatic heterocycles. The molecule has 1 aliphatic rings. The molecule has 5 aromatic heterocycles. The van der Waals surface area contributed by atoms with Crippen molar-refractivity contribution in [3.05, 3.63) is 133 Å². The van der Waals surface area contributed by atoms with Gasteiger partial charge in [-0.1, -0.05) is 0 Å². The van der Waals surface area contributed by atoms with E-state index in [0.717, 1.165) is 81.5 Å². The Morgan fingerprint density at radius 2 is 0.955 bits per heavy atom. The van der Waals surface area contributed by atoms with Crippen LogP contribution in [-0.2, 0) is 25.7 Å². The molecule has 0 saturated carbocycles. The van der Waals surface area contributed by atoms with Crippen LogP contribution in [0.5, 0.6) is 0 Å². The molecule has 356 valence electrons. The minimum atomic E-state index is -2.73. The summed E-state index contributed by atoms with van der Waals surface area (Å²) in [4.78, 5) is 5.73. The van der Waals surface area contributed by atoms with E-state index in [9.17, 15) is 0 Å². The van der Waals surface area contributed by atoms with Crippen molar-refractivity contribution in [2.75, 3.05) is 0 Å². The van der Waals surface area contributed by atoms with Crippen LogP contribution in [0.3, 0.4) is 0 Å². The van der Waals surface area contributed by atoms with Gasteiger partial charge in [0.15, 0.2) is 0 Å². The summed E-state index contributed by atoms with van der Waals surface area (Å²) in [5.41, 5.74) is 10.7. The zero-order chi connectivity index (χ0) is 47.3. The summed E-state index contributed by atoms with van der Waals surface area (Å²) in [6.07, 6.45) is 26.6. The maximum absolute atomic E-state index is 16.6. The Morgan fingerprint density at radius 3 is 1.45 bits per heavy atom. The van der Waals surface area contributed by atoms with Gasteiger partial charge in [-0.15, -0.1) is 0 Å². The number of aromatic nitrogens is 1. The number of nitrogens with zero attached hydrogens (tertiary/aromatic N) is 2. The number of unbranched alkanes of at least 4 members (excludes halogenated alkanes) is 12. The fourth-order valence-electron chi connectivity index (χ4n) is 9.74. The molecule has 6 aromatic rings. The average Bonchev–Trinajstić information content (AvgIpc) is 4.17. The van der Waals surface area contributed by atoms with E-state index in [0.29, 0.717) is 5.69 Å². The first-order chi connectivity index (χ1) is 32.6. The van der Waals surface area contributed by atoms with Crippen LogP contribution in [0.1, 0.15) is 185 Å². The van der Waals surface area contributed by atoms with Gasteiger partial charge in [-0.3, -0.25) is 0 Å². The van der Waals surface area contributed by atoms with Crippen molar-refractivity contribution >= 4 is 82.3 Å². The Labute approximate surface area is 427 Å². The maximum atomic E-state index is 16.6. The fourth-order valence-corrected chi connectivity index (χ4v) is 18.7. The summed E-state index contributed by atoms with van der Waals surface area (Å²) in [5, 5.41) is 0. The van der Waals surface area contributed by atoms with Gasteiger partial charge < -0.3 is 0 Å². The number of aliphatic imine (C=N–C) groups is 1. The molecule has 0 aliphatic carbocycles.